The minimum absolute atomic E-state index is 0.175. The zero-order valence-corrected chi connectivity index (χ0v) is 14.1. The molecule has 126 valence electrons. The summed E-state index contributed by atoms with van der Waals surface area (Å²) in [5.74, 6) is 1.04. The minimum Gasteiger partial charge on any atom is -0.331 e. The smallest absolute Gasteiger partial charge is 0.275 e. The van der Waals surface area contributed by atoms with Crippen LogP contribution in [0.3, 0.4) is 0 Å². The Morgan fingerprint density at radius 3 is 2.52 bits per heavy atom. The van der Waals surface area contributed by atoms with Crippen LogP contribution in [0.5, 0.6) is 0 Å². The number of nitrogens with zero attached hydrogens (tertiary/aromatic N) is 2. The zero-order valence-electron chi connectivity index (χ0n) is 14.1. The molecule has 0 radical (unpaired) electrons. The number of carbonyl (C=O) groups is 1. The van der Waals surface area contributed by atoms with E-state index in [0.29, 0.717) is 17.8 Å². The van der Waals surface area contributed by atoms with Crippen molar-refractivity contribution in [3.63, 3.8) is 0 Å². The Bertz CT molecular complexity index is 570. The predicted molar refractivity (Wildman–Crippen MR) is 89.2 cm³/mol. The van der Waals surface area contributed by atoms with Gasteiger partial charge in [-0.15, -0.1) is 0 Å². The Balaban J connectivity index is 1.54. The molecule has 5 heteroatoms. The van der Waals surface area contributed by atoms with E-state index in [9.17, 15) is 4.79 Å². The maximum atomic E-state index is 13.2. The second-order valence-corrected chi connectivity index (χ2v) is 7.48. The molecule has 23 heavy (non-hydrogen) atoms. The highest BCUT2D eigenvalue weighted by atomic mass is 16.2. The van der Waals surface area contributed by atoms with Crippen molar-refractivity contribution in [3.05, 3.63) is 17.0 Å². The summed E-state index contributed by atoms with van der Waals surface area (Å²) in [6.45, 7) is 4.03. The maximum absolute atomic E-state index is 13.2. The molecule has 1 aromatic heterocycles. The van der Waals surface area contributed by atoms with Gasteiger partial charge in [0.1, 0.15) is 0 Å². The summed E-state index contributed by atoms with van der Waals surface area (Å²) < 4.78 is 0. The van der Waals surface area contributed by atoms with Crippen molar-refractivity contribution in [2.24, 2.45) is 5.92 Å². The van der Waals surface area contributed by atoms with E-state index in [4.69, 9.17) is 0 Å². The minimum atomic E-state index is 0.175. The highest BCUT2D eigenvalue weighted by molar-refractivity contribution is 5.94. The Morgan fingerprint density at radius 2 is 1.87 bits per heavy atom. The fourth-order valence-corrected chi connectivity index (χ4v) is 4.34. The molecule has 5 nitrogen and oxygen atoms in total. The first kappa shape index (κ1) is 15.2. The quantitative estimate of drug-likeness (QED) is 0.897. The van der Waals surface area contributed by atoms with Gasteiger partial charge in [-0.05, 0) is 44.4 Å². The van der Waals surface area contributed by atoms with Gasteiger partial charge in [0, 0.05) is 42.9 Å². The van der Waals surface area contributed by atoms with Gasteiger partial charge < -0.3 is 10.2 Å². The third kappa shape index (κ3) is 2.91. The SMILES string of the molecule is CCC1CCC(N(C(=O)c2n[nH]c3c2CNCC3)C2CC2)CC1. The Hall–Kier alpha value is -1.36. The summed E-state index contributed by atoms with van der Waals surface area (Å²) in [6, 6.07) is 0.899. The van der Waals surface area contributed by atoms with Crippen LogP contribution in [0.2, 0.25) is 0 Å². The second-order valence-electron chi connectivity index (χ2n) is 7.48. The summed E-state index contributed by atoms with van der Waals surface area (Å²) >= 11 is 0. The molecule has 0 bridgehead atoms. The van der Waals surface area contributed by atoms with Gasteiger partial charge in [0.15, 0.2) is 5.69 Å². The number of H-pyrrole nitrogens is 1. The van der Waals surface area contributed by atoms with E-state index in [-0.39, 0.29) is 5.91 Å². The van der Waals surface area contributed by atoms with E-state index in [0.717, 1.165) is 36.7 Å². The molecular formula is C18H28N4O. The second kappa shape index (κ2) is 6.27. The number of hydrogen-bond donors (Lipinski definition) is 2. The Labute approximate surface area is 138 Å². The van der Waals surface area contributed by atoms with E-state index in [1.54, 1.807) is 0 Å². The number of nitrogens with one attached hydrogen (secondary N) is 2. The van der Waals surface area contributed by atoms with Crippen LogP contribution in [0.15, 0.2) is 0 Å². The average molecular weight is 316 g/mol. The molecule has 1 aliphatic heterocycles. The van der Waals surface area contributed by atoms with Gasteiger partial charge in [-0.25, -0.2) is 0 Å². The molecule has 0 unspecified atom stereocenters. The first-order chi connectivity index (χ1) is 11.3. The molecule has 0 aromatic carbocycles. The van der Waals surface area contributed by atoms with Crippen molar-refractivity contribution < 1.29 is 4.79 Å². The van der Waals surface area contributed by atoms with Gasteiger partial charge in [0.25, 0.3) is 5.91 Å². The van der Waals surface area contributed by atoms with Crippen molar-refractivity contribution >= 4 is 5.91 Å². The van der Waals surface area contributed by atoms with Gasteiger partial charge in [-0.2, -0.15) is 5.10 Å². The number of aromatic amines is 1. The van der Waals surface area contributed by atoms with E-state index < -0.39 is 0 Å². The van der Waals surface area contributed by atoms with Gasteiger partial charge in [0.05, 0.1) is 0 Å². The monoisotopic (exact) mass is 316 g/mol. The molecule has 1 aromatic rings. The molecule has 2 heterocycles. The number of aromatic nitrogens is 2. The van der Waals surface area contributed by atoms with E-state index in [2.05, 4.69) is 27.3 Å². The predicted octanol–water partition coefficient (Wildman–Crippen LogP) is 2.63. The summed E-state index contributed by atoms with van der Waals surface area (Å²) in [6.07, 6.45) is 9.46. The van der Waals surface area contributed by atoms with Crippen LogP contribution < -0.4 is 5.32 Å². The average Bonchev–Trinajstić information content (AvgIpc) is 3.33. The lowest BCUT2D eigenvalue weighted by atomic mass is 9.83. The molecule has 0 saturated heterocycles. The molecule has 2 saturated carbocycles. The van der Waals surface area contributed by atoms with E-state index in [1.165, 1.54) is 44.9 Å². The summed E-state index contributed by atoms with van der Waals surface area (Å²) in [7, 11) is 0. The molecule has 0 spiro atoms. The van der Waals surface area contributed by atoms with Crippen LogP contribution in [-0.2, 0) is 13.0 Å². The van der Waals surface area contributed by atoms with Crippen molar-refractivity contribution in [1.29, 1.82) is 0 Å². The van der Waals surface area contributed by atoms with Crippen LogP contribution in [0, 0.1) is 5.92 Å². The lowest BCUT2D eigenvalue weighted by Gasteiger charge is -2.37. The van der Waals surface area contributed by atoms with E-state index >= 15 is 0 Å². The third-order valence-corrected chi connectivity index (χ3v) is 5.97. The zero-order chi connectivity index (χ0) is 15.8. The van der Waals surface area contributed by atoms with Crippen molar-refractivity contribution in [2.75, 3.05) is 6.54 Å². The van der Waals surface area contributed by atoms with Gasteiger partial charge in [-0.3, -0.25) is 9.89 Å². The van der Waals surface area contributed by atoms with Gasteiger partial charge >= 0.3 is 0 Å². The number of carbonyl (C=O) groups excluding carboxylic acids is 1. The Kier molecular flexibility index (Phi) is 4.14. The molecule has 2 fully saturated rings. The molecule has 1 amide bonds. The first-order valence-electron chi connectivity index (χ1n) is 9.37. The number of rotatable bonds is 4. The lowest BCUT2D eigenvalue weighted by Crippen LogP contribution is -2.44. The third-order valence-electron chi connectivity index (χ3n) is 5.97. The van der Waals surface area contributed by atoms with Crippen LogP contribution in [0.1, 0.15) is 73.6 Å². The maximum Gasteiger partial charge on any atom is 0.275 e. The normalized spacial score (nSPS) is 27.5. The molecular weight excluding hydrogens is 288 g/mol. The number of fused-ring (bicyclic) bond motifs is 1. The van der Waals surface area contributed by atoms with Crippen LogP contribution in [0.4, 0.5) is 0 Å². The lowest BCUT2D eigenvalue weighted by molar-refractivity contribution is 0.0579. The van der Waals surface area contributed by atoms with Crippen LogP contribution in [-0.4, -0.2) is 39.6 Å². The fourth-order valence-electron chi connectivity index (χ4n) is 4.34. The first-order valence-corrected chi connectivity index (χ1v) is 9.37. The largest absolute Gasteiger partial charge is 0.331 e. The fraction of sp³-hybridized carbons (Fsp3) is 0.778. The molecule has 3 aliphatic rings. The molecule has 2 N–H and O–H groups in total. The van der Waals surface area contributed by atoms with Crippen molar-refractivity contribution in [3.8, 4) is 0 Å². The topological polar surface area (TPSA) is 61.0 Å². The summed E-state index contributed by atoms with van der Waals surface area (Å²) in [5.41, 5.74) is 2.93. The van der Waals surface area contributed by atoms with Gasteiger partial charge in [-0.1, -0.05) is 13.3 Å². The number of hydrogen-bond acceptors (Lipinski definition) is 3. The molecule has 4 rings (SSSR count). The summed E-state index contributed by atoms with van der Waals surface area (Å²) in [4.78, 5) is 15.4. The standard InChI is InChI=1S/C18H28N4O/c1-2-12-3-5-13(6-4-12)22(14-7-8-14)18(23)17-15-11-19-10-9-16(15)20-21-17/h12-14,19H,2-11H2,1H3,(H,20,21). The van der Waals surface area contributed by atoms with Gasteiger partial charge in [0.2, 0.25) is 0 Å². The summed E-state index contributed by atoms with van der Waals surface area (Å²) in [5, 5.41) is 10.9. The van der Waals surface area contributed by atoms with Crippen molar-refractivity contribution in [2.45, 2.75) is 76.9 Å². The highest BCUT2D eigenvalue weighted by Crippen LogP contribution is 2.37. The van der Waals surface area contributed by atoms with E-state index in [1.807, 2.05) is 0 Å². The highest BCUT2D eigenvalue weighted by Gasteiger charge is 2.40. The number of amides is 1. The molecule has 0 atom stereocenters. The molecule has 2 aliphatic carbocycles. The Morgan fingerprint density at radius 1 is 1.17 bits per heavy atom. The van der Waals surface area contributed by atoms with Crippen molar-refractivity contribution in [1.82, 2.24) is 20.4 Å². The van der Waals surface area contributed by atoms with Crippen LogP contribution in [0.25, 0.3) is 0 Å². The van der Waals surface area contributed by atoms with Crippen LogP contribution >= 0.6 is 0 Å².